The van der Waals surface area contributed by atoms with Crippen molar-refractivity contribution in [3.05, 3.63) is 54.3 Å². The maximum absolute atomic E-state index is 14.0. The highest BCUT2D eigenvalue weighted by molar-refractivity contribution is 6.00. The van der Waals surface area contributed by atoms with Crippen LogP contribution in [-0.4, -0.2) is 9.55 Å². The smallest absolute Gasteiger partial charge is 0.147 e. The first-order chi connectivity index (χ1) is 9.25. The summed E-state index contributed by atoms with van der Waals surface area (Å²) in [6.45, 7) is 0. The van der Waals surface area contributed by atoms with Crippen molar-refractivity contribution in [1.29, 1.82) is 0 Å². The van der Waals surface area contributed by atoms with Crippen LogP contribution in [0, 0.1) is 5.82 Å². The van der Waals surface area contributed by atoms with Crippen LogP contribution in [0.2, 0.25) is 0 Å². The standard InChI is InChI=1S/C16H11FN2/c1-19-15-10(5-4-7-13(15)17)9-12-11-6-2-3-8-14(11)18-16(12)19/h2-9H,1H3. The van der Waals surface area contributed by atoms with Crippen molar-refractivity contribution in [2.24, 2.45) is 7.05 Å². The van der Waals surface area contributed by atoms with Crippen molar-refractivity contribution in [2.75, 3.05) is 0 Å². The second-order valence-corrected chi connectivity index (χ2v) is 4.75. The largest absolute Gasteiger partial charge is 0.326 e. The lowest BCUT2D eigenvalue weighted by molar-refractivity contribution is 0.631. The number of rotatable bonds is 0. The van der Waals surface area contributed by atoms with E-state index in [4.69, 9.17) is 0 Å². The molecule has 0 N–H and O–H groups in total. The zero-order chi connectivity index (χ0) is 13.0. The summed E-state index contributed by atoms with van der Waals surface area (Å²) in [5.41, 5.74) is 2.61. The third kappa shape index (κ3) is 1.32. The van der Waals surface area contributed by atoms with Gasteiger partial charge in [0.2, 0.25) is 0 Å². The van der Waals surface area contributed by atoms with E-state index in [1.165, 1.54) is 6.07 Å². The van der Waals surface area contributed by atoms with Crippen LogP contribution in [0.15, 0.2) is 48.5 Å². The highest BCUT2D eigenvalue weighted by Crippen LogP contribution is 2.34. The fraction of sp³-hybridized carbons (Fsp3) is 0.0625. The Hall–Kier alpha value is -2.42. The van der Waals surface area contributed by atoms with Crippen molar-refractivity contribution in [1.82, 2.24) is 9.55 Å². The van der Waals surface area contributed by atoms with E-state index in [-0.39, 0.29) is 5.82 Å². The Labute approximate surface area is 109 Å². The number of hydrogen-bond acceptors (Lipinski definition) is 1. The fourth-order valence-electron chi connectivity index (χ4n) is 2.76. The zero-order valence-corrected chi connectivity index (χ0v) is 10.4. The highest BCUT2D eigenvalue weighted by atomic mass is 19.1. The Kier molecular flexibility index (Phi) is 1.96. The number of aryl methyl sites for hydroxylation is 1. The zero-order valence-electron chi connectivity index (χ0n) is 10.4. The lowest BCUT2D eigenvalue weighted by Crippen LogP contribution is -2.01. The van der Waals surface area contributed by atoms with E-state index in [2.05, 4.69) is 11.1 Å². The summed E-state index contributed by atoms with van der Waals surface area (Å²) in [6, 6.07) is 15.2. The summed E-state index contributed by atoms with van der Waals surface area (Å²) in [7, 11) is 1.86. The van der Waals surface area contributed by atoms with Gasteiger partial charge in [0.25, 0.3) is 0 Å². The third-order valence-electron chi connectivity index (χ3n) is 3.63. The molecule has 0 atom stereocenters. The summed E-state index contributed by atoms with van der Waals surface area (Å²) < 4.78 is 15.8. The first kappa shape index (κ1) is 10.5. The van der Waals surface area contributed by atoms with Gasteiger partial charge in [0, 0.05) is 23.4 Å². The number of halogens is 1. The molecule has 0 bridgehead atoms. The second kappa shape index (κ2) is 3.54. The molecule has 2 aromatic rings. The number of nitrogens with zero attached hydrogens (tertiary/aromatic N) is 2. The Morgan fingerprint density at radius 3 is 2.79 bits per heavy atom. The van der Waals surface area contributed by atoms with Crippen LogP contribution in [0.25, 0.3) is 33.2 Å². The third-order valence-corrected chi connectivity index (χ3v) is 3.63. The molecule has 2 heterocycles. The second-order valence-electron chi connectivity index (χ2n) is 4.75. The topological polar surface area (TPSA) is 17.8 Å². The van der Waals surface area contributed by atoms with Crippen LogP contribution in [0.4, 0.5) is 4.39 Å². The predicted molar refractivity (Wildman–Crippen MR) is 74.8 cm³/mol. The minimum absolute atomic E-state index is 0.214. The van der Waals surface area contributed by atoms with Crippen molar-refractivity contribution in [3.63, 3.8) is 0 Å². The molecule has 0 amide bonds. The van der Waals surface area contributed by atoms with E-state index in [1.807, 2.05) is 41.9 Å². The van der Waals surface area contributed by atoms with Crippen LogP contribution in [0.5, 0.6) is 0 Å². The molecule has 19 heavy (non-hydrogen) atoms. The first-order valence-electron chi connectivity index (χ1n) is 6.18. The number of para-hydroxylation sites is 2. The molecule has 0 radical (unpaired) electrons. The molecule has 2 aromatic carbocycles. The summed E-state index contributed by atoms with van der Waals surface area (Å²) in [5.74, 6) is 0.604. The van der Waals surface area contributed by atoms with Gasteiger partial charge in [-0.15, -0.1) is 0 Å². The van der Waals surface area contributed by atoms with E-state index in [0.717, 1.165) is 27.7 Å². The molecule has 0 unspecified atom stereocenters. The van der Waals surface area contributed by atoms with Gasteiger partial charge >= 0.3 is 0 Å². The molecule has 0 saturated carbocycles. The summed E-state index contributed by atoms with van der Waals surface area (Å²) in [4.78, 5) is 4.60. The summed E-state index contributed by atoms with van der Waals surface area (Å²) in [6.07, 6.45) is 0. The van der Waals surface area contributed by atoms with Gasteiger partial charge in [-0.3, -0.25) is 0 Å². The maximum Gasteiger partial charge on any atom is 0.147 e. The first-order valence-corrected chi connectivity index (χ1v) is 6.18. The number of benzene rings is 2. The van der Waals surface area contributed by atoms with E-state index in [9.17, 15) is 4.39 Å². The quantitative estimate of drug-likeness (QED) is 0.461. The van der Waals surface area contributed by atoms with E-state index >= 15 is 0 Å². The van der Waals surface area contributed by atoms with Gasteiger partial charge in [-0.2, -0.15) is 0 Å². The van der Waals surface area contributed by atoms with Gasteiger partial charge in [0.05, 0.1) is 11.0 Å². The minimum Gasteiger partial charge on any atom is -0.326 e. The number of pyridine rings is 1. The van der Waals surface area contributed by atoms with Crippen LogP contribution >= 0.6 is 0 Å². The fourth-order valence-corrected chi connectivity index (χ4v) is 2.76. The van der Waals surface area contributed by atoms with Gasteiger partial charge in [0.15, 0.2) is 0 Å². The van der Waals surface area contributed by atoms with Crippen LogP contribution in [-0.2, 0) is 7.05 Å². The minimum atomic E-state index is -0.214. The lowest BCUT2D eigenvalue weighted by Gasteiger charge is -2.11. The molecule has 92 valence electrons. The van der Waals surface area contributed by atoms with E-state index < -0.39 is 0 Å². The van der Waals surface area contributed by atoms with Crippen LogP contribution in [0.3, 0.4) is 0 Å². The molecule has 4 rings (SSSR count). The molecule has 3 heteroatoms. The normalized spacial score (nSPS) is 11.7. The van der Waals surface area contributed by atoms with E-state index in [0.29, 0.717) is 5.52 Å². The molecule has 0 saturated heterocycles. The van der Waals surface area contributed by atoms with Gasteiger partial charge in [-0.1, -0.05) is 30.3 Å². The molecule has 2 aliphatic rings. The van der Waals surface area contributed by atoms with Crippen LogP contribution < -0.4 is 0 Å². The molecule has 0 aliphatic carbocycles. The monoisotopic (exact) mass is 250 g/mol. The lowest BCUT2D eigenvalue weighted by atomic mass is 10.1. The molecule has 0 aromatic heterocycles. The molecule has 0 fully saturated rings. The number of aromatic nitrogens is 2. The van der Waals surface area contributed by atoms with Gasteiger partial charge in [-0.05, 0) is 18.2 Å². The van der Waals surface area contributed by atoms with Crippen molar-refractivity contribution < 1.29 is 4.39 Å². The average molecular weight is 250 g/mol. The van der Waals surface area contributed by atoms with Gasteiger partial charge in [0.1, 0.15) is 11.6 Å². The van der Waals surface area contributed by atoms with Crippen molar-refractivity contribution in [2.45, 2.75) is 0 Å². The van der Waals surface area contributed by atoms with E-state index in [1.54, 1.807) is 6.07 Å². The summed E-state index contributed by atoms with van der Waals surface area (Å²) in [5, 5.41) is 2.01. The molecule has 2 nitrogen and oxygen atoms in total. The maximum atomic E-state index is 14.0. The molecular weight excluding hydrogens is 239 g/mol. The highest BCUT2D eigenvalue weighted by Gasteiger charge is 2.17. The van der Waals surface area contributed by atoms with Crippen molar-refractivity contribution >= 4 is 21.8 Å². The average Bonchev–Trinajstić information content (AvgIpc) is 2.78. The van der Waals surface area contributed by atoms with Gasteiger partial charge in [-0.25, -0.2) is 9.37 Å². The summed E-state index contributed by atoms with van der Waals surface area (Å²) >= 11 is 0. The number of hydrogen-bond donors (Lipinski definition) is 0. The van der Waals surface area contributed by atoms with Gasteiger partial charge < -0.3 is 4.57 Å². The predicted octanol–water partition coefficient (Wildman–Crippen LogP) is 3.97. The SMILES string of the molecule is Cn1c2nc3ccccc3c-2cc2cccc(F)c21. The Morgan fingerprint density at radius 1 is 1.05 bits per heavy atom. The Bertz CT molecular complexity index is 892. The Morgan fingerprint density at radius 2 is 1.89 bits per heavy atom. The molecule has 0 spiro atoms. The Balaban J connectivity index is 2.30. The molecular formula is C16H11FN2. The van der Waals surface area contributed by atoms with Crippen LogP contribution in [0.1, 0.15) is 0 Å². The molecule has 2 aliphatic heterocycles. The van der Waals surface area contributed by atoms with Crippen molar-refractivity contribution in [3.8, 4) is 11.4 Å². The number of fused-ring (bicyclic) bond motifs is 4.